The maximum atomic E-state index is 12.1. The monoisotopic (exact) mass is 276 g/mol. The van der Waals surface area contributed by atoms with Gasteiger partial charge in [0.2, 0.25) is 0 Å². The molecule has 2 N–H and O–H groups in total. The number of nitrogens with one attached hydrogen (secondary N) is 1. The number of aliphatic hydroxyl groups is 1. The summed E-state index contributed by atoms with van der Waals surface area (Å²) in [6, 6.07) is 7.04. The van der Waals surface area contributed by atoms with Gasteiger partial charge in [-0.25, -0.2) is 0 Å². The van der Waals surface area contributed by atoms with Crippen LogP contribution in [0.4, 0.5) is 5.69 Å². The lowest BCUT2D eigenvalue weighted by atomic mass is 10.0. The minimum atomic E-state index is -0.644. The van der Waals surface area contributed by atoms with E-state index in [4.69, 9.17) is 0 Å². The van der Waals surface area contributed by atoms with Crippen LogP contribution in [-0.4, -0.2) is 41.0 Å². The maximum Gasteiger partial charge on any atom is 0.313 e. The zero-order valence-electron chi connectivity index (χ0n) is 11.6. The van der Waals surface area contributed by atoms with Crippen LogP contribution in [0.1, 0.15) is 24.8 Å². The Morgan fingerprint density at radius 3 is 2.65 bits per heavy atom. The molecule has 20 heavy (non-hydrogen) atoms. The van der Waals surface area contributed by atoms with E-state index in [1.807, 2.05) is 19.1 Å². The first-order valence-corrected chi connectivity index (χ1v) is 6.91. The van der Waals surface area contributed by atoms with Crippen LogP contribution in [0.15, 0.2) is 24.3 Å². The fourth-order valence-electron chi connectivity index (χ4n) is 2.41. The zero-order valence-corrected chi connectivity index (χ0v) is 11.6. The van der Waals surface area contributed by atoms with Gasteiger partial charge in [0.15, 0.2) is 0 Å². The second-order valence-electron chi connectivity index (χ2n) is 5.15. The van der Waals surface area contributed by atoms with Crippen LogP contribution in [0.25, 0.3) is 0 Å². The molecule has 0 aromatic heterocycles. The SMILES string of the molecule is Cc1ccc(NC(=O)C(=O)N2CCCCC2CO)cc1. The average molecular weight is 276 g/mol. The largest absolute Gasteiger partial charge is 0.394 e. The Hall–Kier alpha value is -1.88. The molecule has 1 heterocycles. The molecule has 0 aliphatic carbocycles. The number of aliphatic hydroxyl groups excluding tert-OH is 1. The van der Waals surface area contributed by atoms with Crippen molar-refractivity contribution < 1.29 is 14.7 Å². The van der Waals surface area contributed by atoms with E-state index < -0.39 is 11.8 Å². The number of hydrogen-bond acceptors (Lipinski definition) is 3. The first kappa shape index (κ1) is 14.5. The van der Waals surface area contributed by atoms with Crippen molar-refractivity contribution in [2.24, 2.45) is 0 Å². The minimum absolute atomic E-state index is 0.0937. The Morgan fingerprint density at radius 2 is 2.00 bits per heavy atom. The number of likely N-dealkylation sites (tertiary alicyclic amines) is 1. The zero-order chi connectivity index (χ0) is 14.5. The summed E-state index contributed by atoms with van der Waals surface area (Å²) in [4.78, 5) is 25.6. The Morgan fingerprint density at radius 1 is 1.30 bits per heavy atom. The van der Waals surface area contributed by atoms with Crippen molar-refractivity contribution in [1.82, 2.24) is 4.90 Å². The summed E-state index contributed by atoms with van der Waals surface area (Å²) in [7, 11) is 0. The van der Waals surface area contributed by atoms with Crippen LogP contribution < -0.4 is 5.32 Å². The van der Waals surface area contributed by atoms with Crippen molar-refractivity contribution in [2.45, 2.75) is 32.2 Å². The number of nitrogens with zero attached hydrogens (tertiary/aromatic N) is 1. The molecule has 1 aromatic carbocycles. The molecule has 5 heteroatoms. The highest BCUT2D eigenvalue weighted by Gasteiger charge is 2.30. The molecule has 1 aliphatic heterocycles. The van der Waals surface area contributed by atoms with Gasteiger partial charge in [0, 0.05) is 12.2 Å². The highest BCUT2D eigenvalue weighted by atomic mass is 16.3. The number of hydrogen-bond donors (Lipinski definition) is 2. The number of anilines is 1. The highest BCUT2D eigenvalue weighted by molar-refractivity contribution is 6.39. The van der Waals surface area contributed by atoms with Gasteiger partial charge in [0.05, 0.1) is 12.6 Å². The van der Waals surface area contributed by atoms with E-state index in [1.165, 1.54) is 4.90 Å². The Balaban J connectivity index is 2.00. The van der Waals surface area contributed by atoms with Crippen molar-refractivity contribution in [3.05, 3.63) is 29.8 Å². The molecule has 0 radical (unpaired) electrons. The van der Waals surface area contributed by atoms with E-state index in [9.17, 15) is 14.7 Å². The predicted molar refractivity (Wildman–Crippen MR) is 76.2 cm³/mol. The summed E-state index contributed by atoms with van der Waals surface area (Å²) >= 11 is 0. The van der Waals surface area contributed by atoms with Gasteiger partial charge in [-0.2, -0.15) is 0 Å². The van der Waals surface area contributed by atoms with Crippen LogP contribution in [-0.2, 0) is 9.59 Å². The third-order valence-corrected chi connectivity index (χ3v) is 3.60. The molecule has 1 saturated heterocycles. The van der Waals surface area contributed by atoms with E-state index in [0.29, 0.717) is 12.2 Å². The van der Waals surface area contributed by atoms with Gasteiger partial charge in [-0.1, -0.05) is 17.7 Å². The van der Waals surface area contributed by atoms with Gasteiger partial charge in [-0.15, -0.1) is 0 Å². The van der Waals surface area contributed by atoms with Gasteiger partial charge in [0.1, 0.15) is 0 Å². The number of benzene rings is 1. The maximum absolute atomic E-state index is 12.1. The summed E-state index contributed by atoms with van der Waals surface area (Å²) < 4.78 is 0. The first-order chi connectivity index (χ1) is 9.61. The Kier molecular flexibility index (Phi) is 4.74. The smallest absolute Gasteiger partial charge is 0.313 e. The van der Waals surface area contributed by atoms with Crippen LogP contribution >= 0.6 is 0 Å². The van der Waals surface area contributed by atoms with Crippen molar-refractivity contribution in [3.63, 3.8) is 0 Å². The number of carbonyl (C=O) groups excluding carboxylic acids is 2. The lowest BCUT2D eigenvalue weighted by Gasteiger charge is -2.33. The summed E-state index contributed by atoms with van der Waals surface area (Å²) in [5.74, 6) is -1.21. The van der Waals surface area contributed by atoms with Crippen molar-refractivity contribution in [3.8, 4) is 0 Å². The molecule has 1 atom stereocenters. The summed E-state index contributed by atoms with van der Waals surface area (Å²) in [5, 5.41) is 11.9. The van der Waals surface area contributed by atoms with Gasteiger partial charge in [-0.3, -0.25) is 9.59 Å². The number of piperidine rings is 1. The van der Waals surface area contributed by atoms with Gasteiger partial charge in [0.25, 0.3) is 0 Å². The molecule has 0 spiro atoms. The molecule has 2 amide bonds. The Bertz CT molecular complexity index is 484. The lowest BCUT2D eigenvalue weighted by molar-refractivity contribution is -0.146. The van der Waals surface area contributed by atoms with Crippen molar-refractivity contribution in [2.75, 3.05) is 18.5 Å². The number of carbonyl (C=O) groups is 2. The van der Waals surface area contributed by atoms with Gasteiger partial charge >= 0.3 is 11.8 Å². The molecule has 1 fully saturated rings. The minimum Gasteiger partial charge on any atom is -0.394 e. The third kappa shape index (κ3) is 3.36. The predicted octanol–water partition coefficient (Wildman–Crippen LogP) is 1.31. The average Bonchev–Trinajstić information content (AvgIpc) is 2.48. The fourth-order valence-corrected chi connectivity index (χ4v) is 2.41. The van der Waals surface area contributed by atoms with Crippen LogP contribution in [0.5, 0.6) is 0 Å². The molecule has 1 aromatic rings. The second-order valence-corrected chi connectivity index (χ2v) is 5.15. The lowest BCUT2D eigenvalue weighted by Crippen LogP contribution is -2.49. The molecule has 5 nitrogen and oxygen atoms in total. The summed E-state index contributed by atoms with van der Waals surface area (Å²) in [5.41, 5.74) is 1.69. The molecule has 1 unspecified atom stereocenters. The Labute approximate surface area is 118 Å². The fraction of sp³-hybridized carbons (Fsp3) is 0.467. The van der Waals surface area contributed by atoms with Gasteiger partial charge in [-0.05, 0) is 38.3 Å². The van der Waals surface area contributed by atoms with Crippen molar-refractivity contribution in [1.29, 1.82) is 0 Å². The normalized spacial score (nSPS) is 18.7. The third-order valence-electron chi connectivity index (χ3n) is 3.60. The summed E-state index contributed by atoms with van der Waals surface area (Å²) in [6.45, 7) is 2.39. The molecular formula is C15H20N2O3. The standard InChI is InChI=1S/C15H20N2O3/c1-11-5-7-12(8-6-11)16-14(19)15(20)17-9-3-2-4-13(17)10-18/h5-8,13,18H,2-4,9-10H2,1H3,(H,16,19). The second kappa shape index (κ2) is 6.52. The van der Waals surface area contributed by atoms with E-state index in [1.54, 1.807) is 12.1 Å². The number of amides is 2. The topological polar surface area (TPSA) is 69.6 Å². The van der Waals surface area contributed by atoms with E-state index >= 15 is 0 Å². The summed E-state index contributed by atoms with van der Waals surface area (Å²) in [6.07, 6.45) is 2.61. The highest BCUT2D eigenvalue weighted by Crippen LogP contribution is 2.17. The van der Waals surface area contributed by atoms with Gasteiger partial charge < -0.3 is 15.3 Å². The van der Waals surface area contributed by atoms with Crippen LogP contribution in [0, 0.1) is 6.92 Å². The van der Waals surface area contributed by atoms with Crippen molar-refractivity contribution >= 4 is 17.5 Å². The first-order valence-electron chi connectivity index (χ1n) is 6.91. The number of aryl methyl sites for hydroxylation is 1. The number of rotatable bonds is 2. The van der Waals surface area contributed by atoms with E-state index in [2.05, 4.69) is 5.32 Å². The quantitative estimate of drug-likeness (QED) is 0.800. The molecule has 0 saturated carbocycles. The molecule has 0 bridgehead atoms. The van der Waals surface area contributed by atoms with E-state index in [0.717, 1.165) is 24.8 Å². The molecule has 2 rings (SSSR count). The van der Waals surface area contributed by atoms with Crippen LogP contribution in [0.3, 0.4) is 0 Å². The molecule has 108 valence electrons. The van der Waals surface area contributed by atoms with Crippen LogP contribution in [0.2, 0.25) is 0 Å². The van der Waals surface area contributed by atoms with E-state index in [-0.39, 0.29) is 12.6 Å². The molecular weight excluding hydrogens is 256 g/mol. The molecule has 1 aliphatic rings.